The molecule has 4 N–H and O–H groups in total. The second kappa shape index (κ2) is 5.71. The minimum atomic E-state index is -0.861. The predicted molar refractivity (Wildman–Crippen MR) is 74.7 cm³/mol. The first kappa shape index (κ1) is 14.7. The molecule has 1 fully saturated rings. The van der Waals surface area contributed by atoms with Gasteiger partial charge in [0.2, 0.25) is 0 Å². The highest BCUT2D eigenvalue weighted by molar-refractivity contribution is 5.97. The van der Waals surface area contributed by atoms with Crippen LogP contribution in [0, 0.1) is 5.92 Å². The second-order valence-electron chi connectivity index (χ2n) is 5.81. The minimum absolute atomic E-state index is 0.0928. The molecule has 0 heterocycles. The van der Waals surface area contributed by atoms with Gasteiger partial charge in [-0.3, -0.25) is 4.79 Å². The second-order valence-corrected chi connectivity index (χ2v) is 5.81. The van der Waals surface area contributed by atoms with Crippen LogP contribution in [0.4, 0.5) is 0 Å². The van der Waals surface area contributed by atoms with E-state index in [1.165, 1.54) is 12.1 Å². The zero-order chi connectivity index (χ0) is 14.8. The molecule has 5 nitrogen and oxygen atoms in total. The first-order valence-electron chi connectivity index (χ1n) is 6.92. The number of phenolic OH excluding ortho intramolecular Hbond substituents is 2. The van der Waals surface area contributed by atoms with Crippen LogP contribution in [0.3, 0.4) is 0 Å². The number of aliphatic hydroxyl groups is 1. The first-order valence-corrected chi connectivity index (χ1v) is 6.92. The monoisotopic (exact) mass is 279 g/mol. The van der Waals surface area contributed by atoms with Crippen LogP contribution >= 0.6 is 0 Å². The summed E-state index contributed by atoms with van der Waals surface area (Å²) in [6.45, 7) is 2.27. The molecule has 1 aliphatic carbocycles. The van der Waals surface area contributed by atoms with Gasteiger partial charge in [-0.1, -0.05) is 19.8 Å². The molecule has 0 aromatic heterocycles. The van der Waals surface area contributed by atoms with Crippen LogP contribution in [0.25, 0.3) is 0 Å². The Morgan fingerprint density at radius 3 is 2.85 bits per heavy atom. The average Bonchev–Trinajstić information content (AvgIpc) is 2.36. The summed E-state index contributed by atoms with van der Waals surface area (Å²) in [6, 6.07) is 3.81. The highest BCUT2D eigenvalue weighted by atomic mass is 16.3. The Morgan fingerprint density at radius 1 is 1.45 bits per heavy atom. The normalized spacial score (nSPS) is 26.2. The lowest BCUT2D eigenvalue weighted by molar-refractivity contribution is -0.0109. The molecule has 1 saturated carbocycles. The van der Waals surface area contributed by atoms with Gasteiger partial charge in [0, 0.05) is 12.6 Å². The fourth-order valence-corrected chi connectivity index (χ4v) is 2.84. The molecule has 1 aromatic rings. The smallest absolute Gasteiger partial charge is 0.255 e. The maximum absolute atomic E-state index is 12.0. The first-order chi connectivity index (χ1) is 9.39. The third-order valence-electron chi connectivity index (χ3n) is 3.87. The van der Waals surface area contributed by atoms with Crippen molar-refractivity contribution in [2.75, 3.05) is 6.54 Å². The zero-order valence-corrected chi connectivity index (χ0v) is 11.6. The summed E-state index contributed by atoms with van der Waals surface area (Å²) in [5.74, 6) is -0.368. The molecular weight excluding hydrogens is 258 g/mol. The van der Waals surface area contributed by atoms with E-state index in [1.54, 1.807) is 0 Å². The Hall–Kier alpha value is -1.75. The van der Waals surface area contributed by atoms with Crippen LogP contribution in [0.5, 0.6) is 11.5 Å². The maximum atomic E-state index is 12.0. The Labute approximate surface area is 118 Å². The van der Waals surface area contributed by atoms with Gasteiger partial charge < -0.3 is 20.6 Å². The van der Waals surface area contributed by atoms with Crippen LogP contribution < -0.4 is 5.32 Å². The summed E-state index contributed by atoms with van der Waals surface area (Å²) in [4.78, 5) is 12.0. The van der Waals surface area contributed by atoms with Gasteiger partial charge in [-0.15, -0.1) is 0 Å². The summed E-state index contributed by atoms with van der Waals surface area (Å²) in [6.07, 6.45) is 3.42. The van der Waals surface area contributed by atoms with Gasteiger partial charge in [0.05, 0.1) is 11.2 Å². The number of carbonyl (C=O) groups is 1. The Balaban J connectivity index is 1.98. The van der Waals surface area contributed by atoms with Gasteiger partial charge in [-0.2, -0.15) is 0 Å². The summed E-state index contributed by atoms with van der Waals surface area (Å²) < 4.78 is 0. The number of rotatable bonds is 3. The highest BCUT2D eigenvalue weighted by Crippen LogP contribution is 2.31. The van der Waals surface area contributed by atoms with E-state index in [1.807, 2.05) is 0 Å². The predicted octanol–water partition coefficient (Wildman–Crippen LogP) is 1.77. The van der Waals surface area contributed by atoms with Crippen molar-refractivity contribution in [1.82, 2.24) is 5.32 Å². The number of hydrogen-bond donors (Lipinski definition) is 4. The van der Waals surface area contributed by atoms with Gasteiger partial charge >= 0.3 is 0 Å². The number of aromatic hydroxyl groups is 2. The third-order valence-corrected chi connectivity index (χ3v) is 3.87. The van der Waals surface area contributed by atoms with E-state index in [9.17, 15) is 20.1 Å². The number of benzene rings is 1. The van der Waals surface area contributed by atoms with Crippen molar-refractivity contribution in [3.05, 3.63) is 23.8 Å². The lowest BCUT2D eigenvalue weighted by Crippen LogP contribution is -2.45. The van der Waals surface area contributed by atoms with Crippen LogP contribution in [0.15, 0.2) is 18.2 Å². The molecule has 2 atom stereocenters. The average molecular weight is 279 g/mol. The minimum Gasteiger partial charge on any atom is -0.508 e. The van der Waals surface area contributed by atoms with Gasteiger partial charge in [0.1, 0.15) is 11.5 Å². The van der Waals surface area contributed by atoms with Crippen molar-refractivity contribution < 1.29 is 20.1 Å². The number of nitrogens with one attached hydrogen (secondary N) is 1. The molecule has 1 amide bonds. The Bertz CT molecular complexity index is 503. The van der Waals surface area contributed by atoms with Crippen LogP contribution in [0.1, 0.15) is 43.0 Å². The number of carbonyl (C=O) groups excluding carboxylic acids is 1. The Morgan fingerprint density at radius 2 is 2.20 bits per heavy atom. The fraction of sp³-hybridized carbons (Fsp3) is 0.533. The fourth-order valence-electron chi connectivity index (χ4n) is 2.84. The molecule has 2 rings (SSSR count). The van der Waals surface area contributed by atoms with E-state index in [0.717, 1.165) is 18.9 Å². The summed E-state index contributed by atoms with van der Waals surface area (Å²) in [7, 11) is 0. The highest BCUT2D eigenvalue weighted by Gasteiger charge is 2.33. The van der Waals surface area contributed by atoms with E-state index >= 15 is 0 Å². The van der Waals surface area contributed by atoms with Crippen LogP contribution in [0.2, 0.25) is 0 Å². The quantitative estimate of drug-likeness (QED) is 0.679. The Kier molecular flexibility index (Phi) is 4.18. The van der Waals surface area contributed by atoms with Crippen molar-refractivity contribution in [3.8, 4) is 11.5 Å². The van der Waals surface area contributed by atoms with Crippen molar-refractivity contribution in [1.29, 1.82) is 0 Å². The lowest BCUT2D eigenvalue weighted by atomic mass is 9.79. The standard InChI is InChI=1S/C15H21NO4/c1-10-3-2-6-15(20,8-10)9-16-14(19)12-5-4-11(17)7-13(12)18/h4-5,7,10,17-18,20H,2-3,6,8-9H2,1H3,(H,16,19). The number of hydrogen-bond acceptors (Lipinski definition) is 4. The molecule has 5 heteroatoms. The van der Waals surface area contributed by atoms with E-state index < -0.39 is 11.5 Å². The van der Waals surface area contributed by atoms with Crippen molar-refractivity contribution in [3.63, 3.8) is 0 Å². The maximum Gasteiger partial charge on any atom is 0.255 e. The van der Waals surface area contributed by atoms with Gasteiger partial charge in [-0.05, 0) is 30.9 Å². The summed E-state index contributed by atoms with van der Waals surface area (Å²) >= 11 is 0. The molecule has 2 unspecified atom stereocenters. The molecule has 0 saturated heterocycles. The van der Waals surface area contributed by atoms with Gasteiger partial charge in [-0.25, -0.2) is 0 Å². The molecule has 1 aliphatic rings. The topological polar surface area (TPSA) is 89.8 Å². The van der Waals surface area contributed by atoms with Gasteiger partial charge in [0.15, 0.2) is 0 Å². The summed E-state index contributed by atoms with van der Waals surface area (Å²) in [5.41, 5.74) is -0.768. The van der Waals surface area contributed by atoms with E-state index in [2.05, 4.69) is 12.2 Å². The largest absolute Gasteiger partial charge is 0.508 e. The van der Waals surface area contributed by atoms with Crippen LogP contribution in [-0.4, -0.2) is 33.4 Å². The van der Waals surface area contributed by atoms with Crippen molar-refractivity contribution in [2.45, 2.75) is 38.2 Å². The number of amides is 1. The van der Waals surface area contributed by atoms with E-state index in [-0.39, 0.29) is 23.6 Å². The van der Waals surface area contributed by atoms with E-state index in [0.29, 0.717) is 18.8 Å². The molecular formula is C15H21NO4. The lowest BCUT2D eigenvalue weighted by Gasteiger charge is -2.35. The molecule has 0 aliphatic heterocycles. The van der Waals surface area contributed by atoms with E-state index in [4.69, 9.17) is 0 Å². The molecule has 0 radical (unpaired) electrons. The molecule has 0 bridgehead atoms. The SMILES string of the molecule is CC1CCCC(O)(CNC(=O)c2ccc(O)cc2O)C1. The molecule has 1 aromatic carbocycles. The van der Waals surface area contributed by atoms with Crippen molar-refractivity contribution in [2.24, 2.45) is 5.92 Å². The number of phenols is 2. The summed E-state index contributed by atoms with van der Waals surface area (Å²) in [5, 5.41) is 31.9. The van der Waals surface area contributed by atoms with Crippen LogP contribution in [-0.2, 0) is 0 Å². The molecule has 110 valence electrons. The zero-order valence-electron chi connectivity index (χ0n) is 11.6. The van der Waals surface area contributed by atoms with Gasteiger partial charge in [0.25, 0.3) is 5.91 Å². The third kappa shape index (κ3) is 3.42. The van der Waals surface area contributed by atoms with Crippen molar-refractivity contribution >= 4 is 5.91 Å². The molecule has 20 heavy (non-hydrogen) atoms. The molecule has 0 spiro atoms.